The SMILES string of the molecule is O=c1cc(-n2cnc(Cc3cccc(C(F)(F)F)c3)n2)cc[nH]1. The lowest BCUT2D eigenvalue weighted by atomic mass is 10.1. The molecule has 2 aromatic heterocycles. The van der Waals surface area contributed by atoms with Crippen LogP contribution in [-0.4, -0.2) is 19.7 Å². The molecule has 0 amide bonds. The number of alkyl halides is 3. The lowest BCUT2D eigenvalue weighted by molar-refractivity contribution is -0.137. The highest BCUT2D eigenvalue weighted by molar-refractivity contribution is 5.29. The first kappa shape index (κ1) is 15.0. The predicted octanol–water partition coefficient (Wildman–Crippen LogP) is 2.57. The molecule has 0 radical (unpaired) electrons. The quantitative estimate of drug-likeness (QED) is 0.807. The summed E-state index contributed by atoms with van der Waals surface area (Å²) in [6.45, 7) is 0. The summed E-state index contributed by atoms with van der Waals surface area (Å²) in [5, 5.41) is 4.18. The maximum absolute atomic E-state index is 12.7. The normalized spacial score (nSPS) is 11.6. The van der Waals surface area contributed by atoms with Crippen LogP contribution >= 0.6 is 0 Å². The van der Waals surface area contributed by atoms with Crippen molar-refractivity contribution in [3.63, 3.8) is 0 Å². The van der Waals surface area contributed by atoms with Crippen LogP contribution in [0, 0.1) is 0 Å². The molecule has 0 saturated carbocycles. The van der Waals surface area contributed by atoms with E-state index in [0.717, 1.165) is 12.1 Å². The minimum absolute atomic E-state index is 0.167. The molecule has 0 saturated heterocycles. The van der Waals surface area contributed by atoms with Gasteiger partial charge in [-0.15, -0.1) is 0 Å². The van der Waals surface area contributed by atoms with E-state index in [9.17, 15) is 18.0 Å². The summed E-state index contributed by atoms with van der Waals surface area (Å²) in [4.78, 5) is 17.8. The number of hydrogen-bond acceptors (Lipinski definition) is 3. The van der Waals surface area contributed by atoms with Crippen molar-refractivity contribution in [3.05, 3.63) is 76.2 Å². The summed E-state index contributed by atoms with van der Waals surface area (Å²) in [7, 11) is 0. The standard InChI is InChI=1S/C15H11F3N4O/c16-15(17,18)11-3-1-2-10(6-11)7-13-20-9-22(21-13)12-4-5-19-14(23)8-12/h1-6,8-9H,7H2,(H,19,23). The molecule has 8 heteroatoms. The number of pyridine rings is 1. The van der Waals surface area contributed by atoms with Crippen molar-refractivity contribution in [1.82, 2.24) is 19.7 Å². The number of benzene rings is 1. The number of aromatic amines is 1. The van der Waals surface area contributed by atoms with Gasteiger partial charge in [-0.05, 0) is 17.7 Å². The molecular formula is C15H11F3N4O. The Bertz CT molecular complexity index is 882. The van der Waals surface area contributed by atoms with E-state index in [-0.39, 0.29) is 12.0 Å². The van der Waals surface area contributed by atoms with Crippen LogP contribution in [0.3, 0.4) is 0 Å². The van der Waals surface area contributed by atoms with Gasteiger partial charge in [-0.1, -0.05) is 18.2 Å². The first-order valence-corrected chi connectivity index (χ1v) is 6.67. The zero-order chi connectivity index (χ0) is 16.4. The third-order valence-corrected chi connectivity index (χ3v) is 3.18. The maximum atomic E-state index is 12.7. The van der Waals surface area contributed by atoms with E-state index in [1.54, 1.807) is 12.1 Å². The molecule has 0 atom stereocenters. The number of nitrogens with one attached hydrogen (secondary N) is 1. The second-order valence-electron chi connectivity index (χ2n) is 4.89. The van der Waals surface area contributed by atoms with Gasteiger partial charge in [0, 0.05) is 18.7 Å². The lowest BCUT2D eigenvalue weighted by Gasteiger charge is -2.07. The molecule has 0 fully saturated rings. The maximum Gasteiger partial charge on any atom is 0.416 e. The average Bonchev–Trinajstić information content (AvgIpc) is 2.95. The molecular weight excluding hydrogens is 309 g/mol. The van der Waals surface area contributed by atoms with Crippen LogP contribution in [-0.2, 0) is 12.6 Å². The summed E-state index contributed by atoms with van der Waals surface area (Å²) in [6, 6.07) is 8.03. The van der Waals surface area contributed by atoms with Gasteiger partial charge in [0.15, 0.2) is 5.82 Å². The Balaban J connectivity index is 1.84. The molecule has 1 N–H and O–H groups in total. The van der Waals surface area contributed by atoms with E-state index < -0.39 is 11.7 Å². The van der Waals surface area contributed by atoms with Gasteiger partial charge < -0.3 is 4.98 Å². The van der Waals surface area contributed by atoms with E-state index in [1.807, 2.05) is 0 Å². The van der Waals surface area contributed by atoms with Gasteiger partial charge in [0.05, 0.1) is 11.3 Å². The molecule has 23 heavy (non-hydrogen) atoms. The third kappa shape index (κ3) is 3.47. The van der Waals surface area contributed by atoms with Gasteiger partial charge in [0.2, 0.25) is 5.56 Å². The average molecular weight is 320 g/mol. The topological polar surface area (TPSA) is 63.6 Å². The van der Waals surface area contributed by atoms with Gasteiger partial charge in [0.1, 0.15) is 6.33 Å². The first-order valence-electron chi connectivity index (χ1n) is 6.67. The third-order valence-electron chi connectivity index (χ3n) is 3.18. The Morgan fingerprint density at radius 1 is 1.17 bits per heavy atom. The molecule has 3 aromatic rings. The van der Waals surface area contributed by atoms with Crippen molar-refractivity contribution in [2.45, 2.75) is 12.6 Å². The van der Waals surface area contributed by atoms with E-state index in [2.05, 4.69) is 15.1 Å². The van der Waals surface area contributed by atoms with Crippen LogP contribution in [0.5, 0.6) is 0 Å². The van der Waals surface area contributed by atoms with Crippen LogP contribution in [0.15, 0.2) is 53.7 Å². The van der Waals surface area contributed by atoms with Crippen molar-refractivity contribution in [2.75, 3.05) is 0 Å². The fourth-order valence-electron chi connectivity index (χ4n) is 2.12. The highest BCUT2D eigenvalue weighted by atomic mass is 19.4. The monoisotopic (exact) mass is 320 g/mol. The van der Waals surface area contributed by atoms with Crippen molar-refractivity contribution in [1.29, 1.82) is 0 Å². The largest absolute Gasteiger partial charge is 0.416 e. The summed E-state index contributed by atoms with van der Waals surface area (Å²) in [6.07, 6.45) is -1.32. The predicted molar refractivity (Wildman–Crippen MR) is 76.2 cm³/mol. The molecule has 0 aliphatic heterocycles. The lowest BCUT2D eigenvalue weighted by Crippen LogP contribution is -2.07. The molecule has 3 rings (SSSR count). The summed E-state index contributed by atoms with van der Waals surface area (Å²) in [5.41, 5.74) is 0.00137. The van der Waals surface area contributed by atoms with Crippen molar-refractivity contribution in [3.8, 4) is 5.69 Å². The first-order chi connectivity index (χ1) is 10.9. The molecule has 118 valence electrons. The Kier molecular flexibility index (Phi) is 3.73. The van der Waals surface area contributed by atoms with Gasteiger partial charge in [-0.3, -0.25) is 4.79 Å². The van der Waals surface area contributed by atoms with Crippen LogP contribution in [0.2, 0.25) is 0 Å². The highest BCUT2D eigenvalue weighted by Crippen LogP contribution is 2.29. The molecule has 0 spiro atoms. The Morgan fingerprint density at radius 2 is 2.00 bits per heavy atom. The minimum atomic E-state index is -4.38. The van der Waals surface area contributed by atoms with Gasteiger partial charge >= 0.3 is 6.18 Å². The van der Waals surface area contributed by atoms with Crippen molar-refractivity contribution < 1.29 is 13.2 Å². The van der Waals surface area contributed by atoms with Gasteiger partial charge in [-0.25, -0.2) is 9.67 Å². The molecule has 0 aliphatic rings. The molecule has 1 aromatic carbocycles. The second kappa shape index (κ2) is 5.71. The molecule has 0 bridgehead atoms. The van der Waals surface area contributed by atoms with Crippen LogP contribution in [0.1, 0.15) is 17.0 Å². The number of aromatic nitrogens is 4. The highest BCUT2D eigenvalue weighted by Gasteiger charge is 2.30. The van der Waals surface area contributed by atoms with Gasteiger partial charge in [-0.2, -0.15) is 18.3 Å². The van der Waals surface area contributed by atoms with Crippen LogP contribution in [0.25, 0.3) is 5.69 Å². The number of hydrogen-bond donors (Lipinski definition) is 1. The molecule has 0 unspecified atom stereocenters. The second-order valence-corrected chi connectivity index (χ2v) is 4.89. The Labute approximate surface area is 128 Å². The number of halogens is 3. The molecule has 5 nitrogen and oxygen atoms in total. The van der Waals surface area contributed by atoms with E-state index >= 15 is 0 Å². The number of H-pyrrole nitrogens is 1. The molecule has 2 heterocycles. The van der Waals surface area contributed by atoms with Crippen molar-refractivity contribution in [2.24, 2.45) is 0 Å². The number of nitrogens with zero attached hydrogens (tertiary/aromatic N) is 3. The Hall–Kier alpha value is -2.90. The van der Waals surface area contributed by atoms with E-state index in [1.165, 1.54) is 29.3 Å². The van der Waals surface area contributed by atoms with Crippen LogP contribution < -0.4 is 5.56 Å². The van der Waals surface area contributed by atoms with Gasteiger partial charge in [0.25, 0.3) is 0 Å². The Morgan fingerprint density at radius 3 is 2.74 bits per heavy atom. The molecule has 0 aliphatic carbocycles. The minimum Gasteiger partial charge on any atom is -0.329 e. The summed E-state index contributed by atoms with van der Waals surface area (Å²) in [5.74, 6) is 0.365. The van der Waals surface area contributed by atoms with Crippen molar-refractivity contribution >= 4 is 0 Å². The summed E-state index contributed by atoms with van der Waals surface area (Å²) >= 11 is 0. The fraction of sp³-hybridized carbons (Fsp3) is 0.133. The summed E-state index contributed by atoms with van der Waals surface area (Å²) < 4.78 is 39.5. The zero-order valence-electron chi connectivity index (χ0n) is 11.7. The van der Waals surface area contributed by atoms with E-state index in [4.69, 9.17) is 0 Å². The zero-order valence-corrected chi connectivity index (χ0v) is 11.7. The number of rotatable bonds is 3. The van der Waals surface area contributed by atoms with E-state index in [0.29, 0.717) is 17.1 Å². The fourth-order valence-corrected chi connectivity index (χ4v) is 2.12. The smallest absolute Gasteiger partial charge is 0.329 e. The van der Waals surface area contributed by atoms with Crippen LogP contribution in [0.4, 0.5) is 13.2 Å².